The molecule has 4 fully saturated rings. The number of ether oxygens (including phenoxy) is 2. The second-order valence-corrected chi connectivity index (χ2v) is 5.80. The molecule has 0 spiro atoms. The van der Waals surface area contributed by atoms with Crippen molar-refractivity contribution >= 4 is 0 Å². The lowest BCUT2D eigenvalue weighted by atomic mass is 9.75. The number of hydrogen-bond donors (Lipinski definition) is 1. The minimum Gasteiger partial charge on any atom is -0.369 e. The first-order valence-electron chi connectivity index (χ1n) is 6.16. The maximum Gasteiger partial charge on any atom is 0.157 e. The van der Waals surface area contributed by atoms with Gasteiger partial charge in [-0.05, 0) is 42.9 Å². The summed E-state index contributed by atoms with van der Waals surface area (Å²) in [5, 5.41) is 9.84. The van der Waals surface area contributed by atoms with Crippen molar-refractivity contribution in [1.82, 2.24) is 0 Å². The summed E-state index contributed by atoms with van der Waals surface area (Å²) in [6, 6.07) is 0. The summed E-state index contributed by atoms with van der Waals surface area (Å²) in [5.41, 5.74) is 0. The molecular weight excluding hydrogens is 192 g/mol. The quantitative estimate of drug-likeness (QED) is 0.546. The van der Waals surface area contributed by atoms with Crippen molar-refractivity contribution in [3.05, 3.63) is 0 Å². The van der Waals surface area contributed by atoms with Gasteiger partial charge in [-0.15, -0.1) is 0 Å². The van der Waals surface area contributed by atoms with Crippen LogP contribution in [0.3, 0.4) is 0 Å². The van der Waals surface area contributed by atoms with Crippen LogP contribution in [0.4, 0.5) is 0 Å². The maximum absolute atomic E-state index is 9.84. The van der Waals surface area contributed by atoms with Crippen LogP contribution in [0.25, 0.3) is 0 Å². The lowest BCUT2D eigenvalue weighted by molar-refractivity contribution is -0.135. The van der Waals surface area contributed by atoms with E-state index < -0.39 is 6.29 Å². The topological polar surface area (TPSA) is 42.0 Å². The minimum atomic E-state index is -0.543. The summed E-state index contributed by atoms with van der Waals surface area (Å²) in [5.74, 6) is 3.57. The largest absolute Gasteiger partial charge is 0.369 e. The highest BCUT2D eigenvalue weighted by molar-refractivity contribution is 5.14. The van der Waals surface area contributed by atoms with Crippen LogP contribution in [-0.4, -0.2) is 30.7 Å². The standard InChI is InChI=1S/C12H18O3/c1-14-12(13)8-3-5-2-7(8)10-6(5)4-9-11(10)15-9/h5-13H,2-4H2,1H3. The zero-order chi connectivity index (χ0) is 10.2. The molecule has 0 radical (unpaired) electrons. The van der Waals surface area contributed by atoms with Gasteiger partial charge in [-0.25, -0.2) is 0 Å². The van der Waals surface area contributed by atoms with Gasteiger partial charge >= 0.3 is 0 Å². The Morgan fingerprint density at radius 2 is 2.13 bits per heavy atom. The number of hydrogen-bond acceptors (Lipinski definition) is 3. The van der Waals surface area contributed by atoms with E-state index in [0.717, 1.165) is 17.8 Å². The van der Waals surface area contributed by atoms with Crippen LogP contribution in [0.5, 0.6) is 0 Å². The fourth-order valence-corrected chi connectivity index (χ4v) is 4.86. The van der Waals surface area contributed by atoms with E-state index in [4.69, 9.17) is 9.47 Å². The van der Waals surface area contributed by atoms with Crippen molar-refractivity contribution in [3.63, 3.8) is 0 Å². The molecule has 3 saturated carbocycles. The average Bonchev–Trinajstić information content (AvgIpc) is 2.68. The van der Waals surface area contributed by atoms with Gasteiger partial charge in [0.2, 0.25) is 0 Å². The predicted octanol–water partition coefficient (Wildman–Crippen LogP) is 1.01. The Labute approximate surface area is 89.8 Å². The Morgan fingerprint density at radius 1 is 1.27 bits per heavy atom. The molecule has 84 valence electrons. The van der Waals surface area contributed by atoms with Crippen molar-refractivity contribution in [2.75, 3.05) is 7.11 Å². The molecule has 1 N–H and O–H groups in total. The molecule has 0 aromatic heterocycles. The summed E-state index contributed by atoms with van der Waals surface area (Å²) in [4.78, 5) is 0. The molecule has 15 heavy (non-hydrogen) atoms. The Bertz CT molecular complexity index is 293. The van der Waals surface area contributed by atoms with Crippen molar-refractivity contribution < 1.29 is 14.6 Å². The van der Waals surface area contributed by atoms with Crippen molar-refractivity contribution in [2.24, 2.45) is 29.6 Å². The third-order valence-corrected chi connectivity index (χ3v) is 5.41. The van der Waals surface area contributed by atoms with Crippen molar-refractivity contribution in [2.45, 2.75) is 37.8 Å². The molecule has 3 aliphatic carbocycles. The second-order valence-electron chi connectivity index (χ2n) is 5.80. The van der Waals surface area contributed by atoms with Crippen LogP contribution in [-0.2, 0) is 9.47 Å². The summed E-state index contributed by atoms with van der Waals surface area (Å²) < 4.78 is 10.8. The Balaban J connectivity index is 1.59. The lowest BCUT2D eigenvalue weighted by Gasteiger charge is -2.34. The molecule has 0 aromatic carbocycles. The van der Waals surface area contributed by atoms with E-state index in [1.807, 2.05) is 0 Å². The molecule has 4 rings (SSSR count). The van der Waals surface area contributed by atoms with Gasteiger partial charge in [-0.1, -0.05) is 0 Å². The zero-order valence-corrected chi connectivity index (χ0v) is 9.00. The molecular formula is C12H18O3. The van der Waals surface area contributed by atoms with Crippen LogP contribution >= 0.6 is 0 Å². The van der Waals surface area contributed by atoms with Crippen LogP contribution in [0, 0.1) is 29.6 Å². The second kappa shape index (κ2) is 2.76. The molecule has 3 nitrogen and oxygen atoms in total. The predicted molar refractivity (Wildman–Crippen MR) is 53.0 cm³/mol. The normalized spacial score (nSPS) is 61.6. The smallest absolute Gasteiger partial charge is 0.157 e. The molecule has 8 atom stereocenters. The number of epoxide rings is 1. The molecule has 4 aliphatic rings. The summed E-state index contributed by atoms with van der Waals surface area (Å²) >= 11 is 0. The number of aliphatic hydroxyl groups is 1. The van der Waals surface area contributed by atoms with E-state index in [1.54, 1.807) is 7.11 Å². The highest BCUT2D eigenvalue weighted by Crippen LogP contribution is 2.66. The van der Waals surface area contributed by atoms with E-state index in [0.29, 0.717) is 24.0 Å². The third-order valence-electron chi connectivity index (χ3n) is 5.41. The summed E-state index contributed by atoms with van der Waals surface area (Å²) in [6.07, 6.45) is 4.39. The molecule has 1 saturated heterocycles. The molecule has 3 heteroatoms. The van der Waals surface area contributed by atoms with Crippen LogP contribution < -0.4 is 0 Å². The van der Waals surface area contributed by atoms with Gasteiger partial charge < -0.3 is 14.6 Å². The van der Waals surface area contributed by atoms with Gasteiger partial charge in [0, 0.05) is 13.0 Å². The Hall–Kier alpha value is -0.120. The molecule has 8 unspecified atom stereocenters. The van der Waals surface area contributed by atoms with E-state index in [1.165, 1.54) is 19.3 Å². The first kappa shape index (κ1) is 8.97. The van der Waals surface area contributed by atoms with E-state index in [9.17, 15) is 5.11 Å². The van der Waals surface area contributed by atoms with Gasteiger partial charge in [0.1, 0.15) is 0 Å². The SMILES string of the molecule is COC(O)C1CC2CC1C1C2CC2OC21. The first-order valence-corrected chi connectivity index (χ1v) is 6.16. The van der Waals surface area contributed by atoms with Crippen LogP contribution in [0.2, 0.25) is 0 Å². The van der Waals surface area contributed by atoms with E-state index in [2.05, 4.69) is 0 Å². The molecule has 1 aliphatic heterocycles. The molecule has 0 amide bonds. The fraction of sp³-hybridized carbons (Fsp3) is 1.00. The van der Waals surface area contributed by atoms with E-state index in [-0.39, 0.29) is 0 Å². The van der Waals surface area contributed by atoms with Gasteiger partial charge in [0.15, 0.2) is 6.29 Å². The van der Waals surface area contributed by atoms with E-state index >= 15 is 0 Å². The van der Waals surface area contributed by atoms with Gasteiger partial charge in [-0.2, -0.15) is 0 Å². The number of aliphatic hydroxyl groups excluding tert-OH is 1. The monoisotopic (exact) mass is 210 g/mol. The zero-order valence-electron chi connectivity index (χ0n) is 9.00. The Morgan fingerprint density at radius 3 is 2.93 bits per heavy atom. The van der Waals surface area contributed by atoms with Crippen LogP contribution in [0.15, 0.2) is 0 Å². The van der Waals surface area contributed by atoms with Crippen molar-refractivity contribution in [1.29, 1.82) is 0 Å². The first-order chi connectivity index (χ1) is 7.29. The Kier molecular flexibility index (Phi) is 1.65. The highest BCUT2D eigenvalue weighted by Gasteiger charge is 2.67. The summed E-state index contributed by atoms with van der Waals surface area (Å²) in [7, 11) is 1.61. The van der Waals surface area contributed by atoms with Gasteiger partial charge in [0.05, 0.1) is 12.2 Å². The fourth-order valence-electron chi connectivity index (χ4n) is 4.86. The molecule has 2 bridgehead atoms. The third kappa shape index (κ3) is 1.02. The van der Waals surface area contributed by atoms with Gasteiger partial charge in [-0.3, -0.25) is 0 Å². The number of fused-ring (bicyclic) bond motifs is 7. The van der Waals surface area contributed by atoms with Crippen molar-refractivity contribution in [3.8, 4) is 0 Å². The number of rotatable bonds is 2. The summed E-state index contributed by atoms with van der Waals surface area (Å²) in [6.45, 7) is 0. The van der Waals surface area contributed by atoms with Crippen LogP contribution in [0.1, 0.15) is 19.3 Å². The van der Waals surface area contributed by atoms with Gasteiger partial charge in [0.25, 0.3) is 0 Å². The minimum absolute atomic E-state index is 0.379. The lowest BCUT2D eigenvalue weighted by Crippen LogP contribution is -2.35. The average molecular weight is 210 g/mol. The molecule has 1 heterocycles. The maximum atomic E-state index is 9.84. The molecule has 0 aromatic rings. The number of methoxy groups -OCH3 is 1. The highest BCUT2D eigenvalue weighted by atomic mass is 16.6.